The Balaban J connectivity index is 1.23. The molecule has 2 saturated heterocycles. The lowest BCUT2D eigenvalue weighted by Crippen LogP contribution is -2.37. The number of piperidine rings is 1. The molecular weight excluding hydrogens is 356 g/mol. The van der Waals surface area contributed by atoms with Crippen LogP contribution in [0.25, 0.3) is 0 Å². The molecule has 0 spiro atoms. The van der Waals surface area contributed by atoms with E-state index in [-0.39, 0.29) is 0 Å². The number of nitrogens with zero attached hydrogens (tertiary/aromatic N) is 4. The fourth-order valence-corrected chi connectivity index (χ4v) is 4.93. The molecule has 2 aliphatic rings. The van der Waals surface area contributed by atoms with Crippen LogP contribution in [0.5, 0.6) is 0 Å². The van der Waals surface area contributed by atoms with Gasteiger partial charge in [0, 0.05) is 37.1 Å². The molecule has 27 heavy (non-hydrogen) atoms. The Bertz CT molecular complexity index is 718. The molecule has 2 aromatic rings. The summed E-state index contributed by atoms with van der Waals surface area (Å²) >= 11 is 6.00. The summed E-state index contributed by atoms with van der Waals surface area (Å²) in [4.78, 5) is 9.75. The molecule has 5 heteroatoms. The van der Waals surface area contributed by atoms with Crippen LogP contribution in [0.3, 0.4) is 0 Å². The van der Waals surface area contributed by atoms with Gasteiger partial charge in [-0.2, -0.15) is 0 Å². The molecule has 4 rings (SSSR count). The van der Waals surface area contributed by atoms with Crippen molar-refractivity contribution < 1.29 is 0 Å². The first-order valence-corrected chi connectivity index (χ1v) is 10.8. The first-order valence-electron chi connectivity index (χ1n) is 10.4. The van der Waals surface area contributed by atoms with Crippen LogP contribution in [0.15, 0.2) is 36.7 Å². The minimum atomic E-state index is 0.825. The average Bonchev–Trinajstić information content (AvgIpc) is 3.33. The van der Waals surface area contributed by atoms with E-state index in [1.807, 2.05) is 18.3 Å². The van der Waals surface area contributed by atoms with E-state index in [1.54, 1.807) is 0 Å². The van der Waals surface area contributed by atoms with Crippen molar-refractivity contribution in [3.63, 3.8) is 0 Å². The summed E-state index contributed by atoms with van der Waals surface area (Å²) in [5, 5.41) is 0.825. The van der Waals surface area contributed by atoms with E-state index >= 15 is 0 Å². The van der Waals surface area contributed by atoms with Crippen molar-refractivity contribution in [2.24, 2.45) is 11.8 Å². The fraction of sp³-hybridized carbons (Fsp3) is 0.591. The Labute approximate surface area is 168 Å². The van der Waals surface area contributed by atoms with E-state index in [4.69, 9.17) is 11.6 Å². The fourth-order valence-electron chi connectivity index (χ4n) is 4.80. The van der Waals surface area contributed by atoms with E-state index in [9.17, 15) is 0 Å². The van der Waals surface area contributed by atoms with Gasteiger partial charge in [0.2, 0.25) is 0 Å². The summed E-state index contributed by atoms with van der Waals surface area (Å²) in [7, 11) is 0. The van der Waals surface area contributed by atoms with Gasteiger partial charge >= 0.3 is 0 Å². The van der Waals surface area contributed by atoms with Crippen LogP contribution in [0.4, 0.5) is 0 Å². The quantitative estimate of drug-likeness (QED) is 0.740. The number of halogens is 1. The Morgan fingerprint density at radius 3 is 2.41 bits per heavy atom. The molecule has 0 N–H and O–H groups in total. The zero-order chi connectivity index (χ0) is 18.6. The van der Waals surface area contributed by atoms with Crippen LogP contribution >= 0.6 is 11.6 Å². The third kappa shape index (κ3) is 4.74. The van der Waals surface area contributed by atoms with Crippen molar-refractivity contribution in [2.45, 2.75) is 45.8 Å². The highest BCUT2D eigenvalue weighted by molar-refractivity contribution is 6.30. The molecule has 3 heterocycles. The average molecular weight is 387 g/mol. The number of hydrogen-bond acceptors (Lipinski definition) is 3. The van der Waals surface area contributed by atoms with Crippen molar-refractivity contribution in [1.82, 2.24) is 19.4 Å². The monoisotopic (exact) mass is 386 g/mol. The molecule has 0 radical (unpaired) electrons. The van der Waals surface area contributed by atoms with Crippen molar-refractivity contribution in [1.29, 1.82) is 0 Å². The normalized spacial score (nSPS) is 22.5. The number of hydrogen-bond donors (Lipinski definition) is 0. The largest absolute Gasteiger partial charge is 0.334 e. The van der Waals surface area contributed by atoms with Crippen LogP contribution in [-0.4, -0.2) is 45.5 Å². The topological polar surface area (TPSA) is 24.3 Å². The van der Waals surface area contributed by atoms with Crippen LogP contribution in [0, 0.1) is 11.8 Å². The van der Waals surface area contributed by atoms with Gasteiger partial charge in [-0.05, 0) is 75.4 Å². The molecule has 0 aliphatic carbocycles. The van der Waals surface area contributed by atoms with Crippen LogP contribution in [-0.2, 0) is 19.6 Å². The summed E-state index contributed by atoms with van der Waals surface area (Å²) in [5.41, 5.74) is 1.38. The van der Waals surface area contributed by atoms with E-state index in [1.165, 1.54) is 56.8 Å². The summed E-state index contributed by atoms with van der Waals surface area (Å²) in [6.07, 6.45) is 8.06. The lowest BCUT2D eigenvalue weighted by atomic mass is 9.84. The van der Waals surface area contributed by atoms with Gasteiger partial charge in [0.15, 0.2) is 0 Å². The SMILES string of the molecule is CCn1ccnc1CN1CCC([C@H]2CCN(Cc3ccc(Cl)cc3)C2)CC1. The second kappa shape index (κ2) is 8.76. The Morgan fingerprint density at radius 2 is 1.67 bits per heavy atom. The first kappa shape index (κ1) is 19.0. The predicted octanol–water partition coefficient (Wildman–Crippen LogP) is 4.29. The molecule has 1 aromatic carbocycles. The molecular formula is C22H31ClN4. The maximum atomic E-state index is 6.00. The summed E-state index contributed by atoms with van der Waals surface area (Å²) in [6, 6.07) is 8.33. The lowest BCUT2D eigenvalue weighted by molar-refractivity contribution is 0.137. The summed E-state index contributed by atoms with van der Waals surface area (Å²) in [6.45, 7) is 10.2. The van der Waals surface area contributed by atoms with E-state index in [0.717, 1.165) is 36.5 Å². The molecule has 1 atom stereocenters. The molecule has 0 bridgehead atoms. The maximum Gasteiger partial charge on any atom is 0.122 e. The molecule has 4 nitrogen and oxygen atoms in total. The zero-order valence-corrected chi connectivity index (χ0v) is 17.1. The van der Waals surface area contributed by atoms with Gasteiger partial charge in [-0.15, -0.1) is 0 Å². The van der Waals surface area contributed by atoms with Gasteiger partial charge in [-0.3, -0.25) is 9.80 Å². The van der Waals surface area contributed by atoms with Crippen LogP contribution in [0.2, 0.25) is 5.02 Å². The Kier molecular flexibility index (Phi) is 6.16. The smallest absolute Gasteiger partial charge is 0.122 e. The first-order chi connectivity index (χ1) is 13.2. The second-order valence-corrected chi connectivity index (χ2v) is 8.59. The van der Waals surface area contributed by atoms with Gasteiger partial charge in [-0.25, -0.2) is 4.98 Å². The third-order valence-corrected chi connectivity index (χ3v) is 6.69. The standard InChI is InChI=1S/C22H31ClN4/c1-2-27-14-10-24-22(27)17-25-11-7-19(8-12-25)20-9-13-26(16-20)15-18-3-5-21(23)6-4-18/h3-6,10,14,19-20H,2,7-9,11-13,15-17H2,1H3/t20-/m0/s1. The number of benzene rings is 1. The van der Waals surface area contributed by atoms with Crippen LogP contribution in [0.1, 0.15) is 37.6 Å². The minimum absolute atomic E-state index is 0.825. The van der Waals surface area contributed by atoms with Crippen molar-refractivity contribution >= 4 is 11.6 Å². The second-order valence-electron chi connectivity index (χ2n) is 8.15. The summed E-state index contributed by atoms with van der Waals surface area (Å²) < 4.78 is 2.26. The van der Waals surface area contributed by atoms with Crippen LogP contribution < -0.4 is 0 Å². The Hall–Kier alpha value is -1.36. The van der Waals surface area contributed by atoms with Gasteiger partial charge < -0.3 is 4.57 Å². The number of aromatic nitrogens is 2. The maximum absolute atomic E-state index is 6.00. The number of imidazole rings is 1. The van der Waals surface area contributed by atoms with Crippen molar-refractivity contribution in [3.05, 3.63) is 53.1 Å². The van der Waals surface area contributed by atoms with Crippen molar-refractivity contribution in [3.8, 4) is 0 Å². The van der Waals surface area contributed by atoms with Gasteiger partial charge in [0.1, 0.15) is 5.82 Å². The van der Waals surface area contributed by atoms with E-state index in [2.05, 4.69) is 44.6 Å². The summed E-state index contributed by atoms with van der Waals surface area (Å²) in [5.74, 6) is 2.98. The third-order valence-electron chi connectivity index (χ3n) is 6.43. The van der Waals surface area contributed by atoms with Crippen molar-refractivity contribution in [2.75, 3.05) is 26.2 Å². The minimum Gasteiger partial charge on any atom is -0.334 e. The molecule has 0 unspecified atom stereocenters. The van der Waals surface area contributed by atoms with E-state index < -0.39 is 0 Å². The molecule has 146 valence electrons. The zero-order valence-electron chi connectivity index (χ0n) is 16.4. The highest BCUT2D eigenvalue weighted by Crippen LogP contribution is 2.32. The molecule has 2 aliphatic heterocycles. The molecule has 0 amide bonds. The van der Waals surface area contributed by atoms with Gasteiger partial charge in [-0.1, -0.05) is 23.7 Å². The molecule has 0 saturated carbocycles. The molecule has 2 fully saturated rings. The Morgan fingerprint density at radius 1 is 0.963 bits per heavy atom. The lowest BCUT2D eigenvalue weighted by Gasteiger charge is -2.34. The number of rotatable bonds is 6. The molecule has 1 aromatic heterocycles. The predicted molar refractivity (Wildman–Crippen MR) is 111 cm³/mol. The highest BCUT2D eigenvalue weighted by Gasteiger charge is 2.32. The van der Waals surface area contributed by atoms with E-state index in [0.29, 0.717) is 0 Å². The van der Waals surface area contributed by atoms with Gasteiger partial charge in [0.05, 0.1) is 6.54 Å². The number of aryl methyl sites for hydroxylation is 1. The number of likely N-dealkylation sites (tertiary alicyclic amines) is 2. The van der Waals surface area contributed by atoms with Gasteiger partial charge in [0.25, 0.3) is 0 Å². The highest BCUT2D eigenvalue weighted by atomic mass is 35.5.